The van der Waals surface area contributed by atoms with E-state index in [1.807, 2.05) is 6.92 Å². The van der Waals surface area contributed by atoms with Crippen LogP contribution in [0.25, 0.3) is 11.5 Å². The number of nitrogens with zero attached hydrogens (tertiary/aromatic N) is 3. The van der Waals surface area contributed by atoms with Crippen LogP contribution in [0.15, 0.2) is 18.3 Å². The van der Waals surface area contributed by atoms with Gasteiger partial charge in [-0.25, -0.2) is 19.3 Å². The van der Waals surface area contributed by atoms with Gasteiger partial charge in [0.25, 0.3) is 0 Å². The number of nitrogens with one attached hydrogen (secondary N) is 1. The van der Waals surface area contributed by atoms with Gasteiger partial charge in [-0.2, -0.15) is 0 Å². The van der Waals surface area contributed by atoms with E-state index in [0.29, 0.717) is 18.1 Å². The first kappa shape index (κ1) is 15.0. The van der Waals surface area contributed by atoms with Crippen LogP contribution in [-0.2, 0) is 11.3 Å². The molecule has 0 aliphatic carbocycles. The van der Waals surface area contributed by atoms with Gasteiger partial charge in [-0.15, -0.1) is 0 Å². The van der Waals surface area contributed by atoms with Gasteiger partial charge in [0.05, 0.1) is 22.1 Å². The van der Waals surface area contributed by atoms with Gasteiger partial charge < -0.3 is 10.1 Å². The molecular weight excluding hydrogens is 374 g/mol. The maximum Gasteiger partial charge on any atom is 0.180 e. The number of halogens is 2. The summed E-state index contributed by atoms with van der Waals surface area (Å²) < 4.78 is 19.0. The highest BCUT2D eigenvalue weighted by Crippen LogP contribution is 2.23. The predicted octanol–water partition coefficient (Wildman–Crippen LogP) is 2.86. The van der Waals surface area contributed by atoms with Crippen molar-refractivity contribution >= 4 is 28.4 Å². The third-order valence-electron chi connectivity index (χ3n) is 2.50. The molecule has 7 heteroatoms. The van der Waals surface area contributed by atoms with E-state index in [9.17, 15) is 4.39 Å². The number of aromatic nitrogens is 3. The zero-order chi connectivity index (χ0) is 14.5. The number of anilines is 1. The summed E-state index contributed by atoms with van der Waals surface area (Å²) in [5.74, 6) is 0.799. The van der Waals surface area contributed by atoms with Crippen molar-refractivity contribution in [1.82, 2.24) is 15.0 Å². The fourth-order valence-electron chi connectivity index (χ4n) is 1.63. The van der Waals surface area contributed by atoms with Crippen LogP contribution in [0.2, 0.25) is 0 Å². The molecule has 106 valence electrons. The smallest absolute Gasteiger partial charge is 0.180 e. The van der Waals surface area contributed by atoms with Gasteiger partial charge >= 0.3 is 0 Å². The molecule has 0 aliphatic heterocycles. The number of rotatable bonds is 5. The molecule has 0 saturated heterocycles. The Balaban J connectivity index is 2.49. The van der Waals surface area contributed by atoms with Gasteiger partial charge in [-0.1, -0.05) is 0 Å². The molecule has 1 N–H and O–H groups in total. The summed E-state index contributed by atoms with van der Waals surface area (Å²) in [6.07, 6.45) is 1.15. The molecule has 5 nitrogen and oxygen atoms in total. The summed E-state index contributed by atoms with van der Waals surface area (Å²) in [5, 5.41) is 3.18. The van der Waals surface area contributed by atoms with Crippen molar-refractivity contribution in [3.63, 3.8) is 0 Å². The van der Waals surface area contributed by atoms with Crippen LogP contribution >= 0.6 is 22.6 Å². The minimum Gasteiger partial charge on any atom is -0.378 e. The summed E-state index contributed by atoms with van der Waals surface area (Å²) in [6, 6.07) is 2.90. The minimum absolute atomic E-state index is 0.382. The van der Waals surface area contributed by atoms with Gasteiger partial charge in [0.2, 0.25) is 0 Å². The van der Waals surface area contributed by atoms with Gasteiger partial charge in [0.1, 0.15) is 17.3 Å². The van der Waals surface area contributed by atoms with E-state index in [1.165, 1.54) is 6.07 Å². The summed E-state index contributed by atoms with van der Waals surface area (Å²) >= 11 is 2.18. The van der Waals surface area contributed by atoms with Gasteiger partial charge in [0.15, 0.2) is 5.82 Å². The minimum atomic E-state index is -0.386. The number of hydrogen-bond donors (Lipinski definition) is 1. The molecule has 0 saturated carbocycles. The Labute approximate surface area is 130 Å². The van der Waals surface area contributed by atoms with Gasteiger partial charge in [0, 0.05) is 13.7 Å². The second kappa shape index (κ2) is 6.89. The van der Waals surface area contributed by atoms with E-state index in [-0.39, 0.29) is 5.82 Å². The Morgan fingerprint density at radius 2 is 2.15 bits per heavy atom. The van der Waals surface area contributed by atoms with E-state index >= 15 is 0 Å². The highest BCUT2D eigenvalue weighted by atomic mass is 127. The van der Waals surface area contributed by atoms with Crippen molar-refractivity contribution in [1.29, 1.82) is 0 Å². The van der Waals surface area contributed by atoms with Crippen LogP contribution in [0.1, 0.15) is 12.6 Å². The van der Waals surface area contributed by atoms with Crippen molar-refractivity contribution in [2.75, 3.05) is 19.0 Å². The lowest BCUT2D eigenvalue weighted by Crippen LogP contribution is -2.09. The third-order valence-corrected chi connectivity index (χ3v) is 3.64. The molecule has 0 radical (unpaired) electrons. The zero-order valence-electron chi connectivity index (χ0n) is 11.2. The van der Waals surface area contributed by atoms with Crippen LogP contribution in [-0.4, -0.2) is 28.6 Å². The topological polar surface area (TPSA) is 59.9 Å². The summed E-state index contributed by atoms with van der Waals surface area (Å²) in [6.45, 7) is 3.12. The lowest BCUT2D eigenvalue weighted by Gasteiger charge is -2.11. The molecule has 0 atom stereocenters. The maximum absolute atomic E-state index is 12.9. The Hall–Kier alpha value is -1.35. The normalized spacial score (nSPS) is 10.6. The number of ether oxygens (including phenoxy) is 1. The summed E-state index contributed by atoms with van der Waals surface area (Å²) in [7, 11) is 1.61. The van der Waals surface area contributed by atoms with E-state index in [0.717, 1.165) is 27.8 Å². The second-order valence-corrected chi connectivity index (χ2v) is 5.06. The molecule has 0 fully saturated rings. The van der Waals surface area contributed by atoms with Crippen molar-refractivity contribution in [3.05, 3.63) is 33.4 Å². The van der Waals surface area contributed by atoms with Crippen LogP contribution in [0.5, 0.6) is 0 Å². The monoisotopic (exact) mass is 388 g/mol. The van der Waals surface area contributed by atoms with E-state index in [4.69, 9.17) is 4.74 Å². The predicted molar refractivity (Wildman–Crippen MR) is 82.8 cm³/mol. The molecule has 2 rings (SSSR count). The van der Waals surface area contributed by atoms with Crippen molar-refractivity contribution in [2.45, 2.75) is 13.5 Å². The van der Waals surface area contributed by atoms with E-state index in [2.05, 4.69) is 42.9 Å². The maximum atomic E-state index is 12.9. The highest BCUT2D eigenvalue weighted by molar-refractivity contribution is 14.1. The largest absolute Gasteiger partial charge is 0.378 e. The molecule has 0 aliphatic rings. The lowest BCUT2D eigenvalue weighted by atomic mass is 10.3. The van der Waals surface area contributed by atoms with Gasteiger partial charge in [-0.3, -0.25) is 0 Å². The quantitative estimate of drug-likeness (QED) is 0.799. The fourth-order valence-corrected chi connectivity index (χ4v) is 2.22. The number of hydrogen-bond acceptors (Lipinski definition) is 5. The molecule has 2 aromatic heterocycles. The Morgan fingerprint density at radius 1 is 1.35 bits per heavy atom. The fraction of sp³-hybridized carbons (Fsp3) is 0.308. The number of pyridine rings is 1. The molecule has 0 bridgehead atoms. The average molecular weight is 388 g/mol. The third kappa shape index (κ3) is 3.40. The second-order valence-electron chi connectivity index (χ2n) is 3.98. The standard InChI is InChI=1S/C13H14FIN4O/c1-3-16-13-11(15)10(7-20-2)18-12(19-13)9-5-4-8(14)6-17-9/h4-6H,3,7H2,1-2H3,(H,16,18,19). The molecule has 0 aromatic carbocycles. The summed E-state index contributed by atoms with van der Waals surface area (Å²) in [5.41, 5.74) is 1.31. The Kier molecular flexibility index (Phi) is 5.18. The molecule has 0 spiro atoms. The van der Waals surface area contributed by atoms with Crippen LogP contribution in [0, 0.1) is 9.39 Å². The molecule has 0 amide bonds. The first-order valence-electron chi connectivity index (χ1n) is 6.06. The van der Waals surface area contributed by atoms with Crippen molar-refractivity contribution < 1.29 is 9.13 Å². The molecule has 20 heavy (non-hydrogen) atoms. The Bertz CT molecular complexity index is 564. The van der Waals surface area contributed by atoms with Crippen molar-refractivity contribution in [2.24, 2.45) is 0 Å². The van der Waals surface area contributed by atoms with Crippen LogP contribution < -0.4 is 5.32 Å². The first-order chi connectivity index (χ1) is 9.65. The van der Waals surface area contributed by atoms with Crippen LogP contribution in [0.4, 0.5) is 10.2 Å². The lowest BCUT2D eigenvalue weighted by molar-refractivity contribution is 0.181. The van der Waals surface area contributed by atoms with Gasteiger partial charge in [-0.05, 0) is 41.6 Å². The highest BCUT2D eigenvalue weighted by Gasteiger charge is 2.13. The molecule has 0 unspecified atom stereocenters. The number of methoxy groups -OCH3 is 1. The summed E-state index contributed by atoms with van der Waals surface area (Å²) in [4.78, 5) is 12.9. The molecule has 2 heterocycles. The van der Waals surface area contributed by atoms with Crippen molar-refractivity contribution in [3.8, 4) is 11.5 Å². The molecular formula is C13H14FIN4O. The van der Waals surface area contributed by atoms with E-state index in [1.54, 1.807) is 13.2 Å². The first-order valence-corrected chi connectivity index (χ1v) is 7.14. The van der Waals surface area contributed by atoms with Crippen LogP contribution in [0.3, 0.4) is 0 Å². The Morgan fingerprint density at radius 3 is 2.75 bits per heavy atom. The molecule has 2 aromatic rings. The SMILES string of the molecule is CCNc1nc(-c2ccc(F)cn2)nc(COC)c1I. The van der Waals surface area contributed by atoms with E-state index < -0.39 is 0 Å². The zero-order valence-corrected chi connectivity index (χ0v) is 13.3. The average Bonchev–Trinajstić information content (AvgIpc) is 2.44.